The van der Waals surface area contributed by atoms with Crippen LogP contribution in [0.1, 0.15) is 31.2 Å². The van der Waals surface area contributed by atoms with Crippen LogP contribution in [0.3, 0.4) is 0 Å². The summed E-state index contributed by atoms with van der Waals surface area (Å²) < 4.78 is 0. The molecule has 0 aliphatic carbocycles. The quantitative estimate of drug-likeness (QED) is 0.582. The predicted octanol–water partition coefficient (Wildman–Crippen LogP) is 4.24. The van der Waals surface area contributed by atoms with Crippen molar-refractivity contribution in [2.45, 2.75) is 31.4 Å². The molecule has 0 spiro atoms. The zero-order valence-electron chi connectivity index (χ0n) is 14.9. The van der Waals surface area contributed by atoms with Crippen molar-refractivity contribution >= 4 is 29.3 Å². The SMILES string of the molecule is O=C(CSCc1ccccc1)NCCCCCC(=O)Nc1ccccc1. The zero-order valence-corrected chi connectivity index (χ0v) is 15.8. The number of rotatable bonds is 11. The zero-order chi connectivity index (χ0) is 18.5. The lowest BCUT2D eigenvalue weighted by atomic mass is 10.2. The molecule has 0 aromatic heterocycles. The molecule has 5 heteroatoms. The molecule has 0 saturated heterocycles. The lowest BCUT2D eigenvalue weighted by Crippen LogP contribution is -2.26. The van der Waals surface area contributed by atoms with Crippen LogP contribution < -0.4 is 10.6 Å². The van der Waals surface area contributed by atoms with Gasteiger partial charge in [0.1, 0.15) is 0 Å². The maximum Gasteiger partial charge on any atom is 0.230 e. The number of amides is 2. The molecule has 0 saturated carbocycles. The van der Waals surface area contributed by atoms with E-state index in [1.807, 2.05) is 48.5 Å². The van der Waals surface area contributed by atoms with Gasteiger partial charge in [-0.05, 0) is 30.5 Å². The van der Waals surface area contributed by atoms with Crippen molar-refractivity contribution in [1.82, 2.24) is 5.32 Å². The summed E-state index contributed by atoms with van der Waals surface area (Å²) in [5.41, 5.74) is 2.07. The maximum absolute atomic E-state index is 11.8. The van der Waals surface area contributed by atoms with Crippen LogP contribution in [0.2, 0.25) is 0 Å². The Bertz CT molecular complexity index is 662. The second-order valence-corrected chi connectivity index (χ2v) is 7.04. The van der Waals surface area contributed by atoms with Crippen molar-refractivity contribution in [1.29, 1.82) is 0 Å². The number of carbonyl (C=O) groups is 2. The van der Waals surface area contributed by atoms with Gasteiger partial charge in [-0.25, -0.2) is 0 Å². The second kappa shape index (κ2) is 12.1. The summed E-state index contributed by atoms with van der Waals surface area (Å²) >= 11 is 1.62. The highest BCUT2D eigenvalue weighted by Crippen LogP contribution is 2.11. The summed E-state index contributed by atoms with van der Waals surface area (Å²) in [4.78, 5) is 23.6. The number of carbonyl (C=O) groups excluding carboxylic acids is 2. The molecular formula is C21H26N2O2S. The molecule has 0 heterocycles. The molecule has 26 heavy (non-hydrogen) atoms. The Balaban J connectivity index is 1.44. The van der Waals surface area contributed by atoms with Crippen LogP contribution >= 0.6 is 11.8 Å². The summed E-state index contributed by atoms with van der Waals surface area (Å²) in [6.45, 7) is 0.672. The molecule has 2 aromatic carbocycles. The molecule has 2 aromatic rings. The van der Waals surface area contributed by atoms with E-state index < -0.39 is 0 Å². The molecule has 2 N–H and O–H groups in total. The van der Waals surface area contributed by atoms with Crippen molar-refractivity contribution in [2.24, 2.45) is 0 Å². The molecule has 138 valence electrons. The number of hydrogen-bond acceptors (Lipinski definition) is 3. The van der Waals surface area contributed by atoms with Crippen molar-refractivity contribution in [3.63, 3.8) is 0 Å². The topological polar surface area (TPSA) is 58.2 Å². The monoisotopic (exact) mass is 370 g/mol. The van der Waals surface area contributed by atoms with E-state index >= 15 is 0 Å². The van der Waals surface area contributed by atoms with Crippen LogP contribution in [0.25, 0.3) is 0 Å². The number of nitrogens with one attached hydrogen (secondary N) is 2. The van der Waals surface area contributed by atoms with Crippen LogP contribution in [0.15, 0.2) is 60.7 Å². The first-order valence-corrected chi connectivity index (χ1v) is 10.1. The summed E-state index contributed by atoms with van der Waals surface area (Å²) in [7, 11) is 0. The molecule has 2 rings (SSSR count). The molecule has 2 amide bonds. The Labute approximate surface area is 159 Å². The number of benzene rings is 2. The fourth-order valence-electron chi connectivity index (χ4n) is 2.45. The Morgan fingerprint density at radius 3 is 2.23 bits per heavy atom. The molecule has 0 aliphatic heterocycles. The van der Waals surface area contributed by atoms with E-state index in [0.29, 0.717) is 18.7 Å². The molecule has 0 unspecified atom stereocenters. The normalized spacial score (nSPS) is 10.3. The lowest BCUT2D eigenvalue weighted by Gasteiger charge is -2.06. The molecule has 0 atom stereocenters. The third-order valence-electron chi connectivity index (χ3n) is 3.81. The van der Waals surface area contributed by atoms with Crippen LogP contribution in [0.4, 0.5) is 5.69 Å². The van der Waals surface area contributed by atoms with E-state index in [4.69, 9.17) is 0 Å². The van der Waals surface area contributed by atoms with E-state index in [9.17, 15) is 9.59 Å². The number of para-hydroxylation sites is 1. The van der Waals surface area contributed by atoms with Gasteiger partial charge in [0.05, 0.1) is 5.75 Å². The minimum atomic E-state index is 0.0394. The summed E-state index contributed by atoms with van der Waals surface area (Å²) in [6.07, 6.45) is 3.17. The Morgan fingerprint density at radius 2 is 1.50 bits per heavy atom. The third kappa shape index (κ3) is 8.72. The highest BCUT2D eigenvalue weighted by atomic mass is 32.2. The summed E-state index contributed by atoms with van der Waals surface area (Å²) in [6, 6.07) is 19.6. The van der Waals surface area contributed by atoms with E-state index in [0.717, 1.165) is 30.7 Å². The smallest absolute Gasteiger partial charge is 0.230 e. The summed E-state index contributed by atoms with van der Waals surface area (Å²) in [5.74, 6) is 1.45. The van der Waals surface area contributed by atoms with E-state index in [-0.39, 0.29) is 11.8 Å². The fourth-order valence-corrected chi connectivity index (χ4v) is 3.26. The molecule has 0 radical (unpaired) electrons. The van der Waals surface area contributed by atoms with Gasteiger partial charge in [0, 0.05) is 24.4 Å². The number of thioether (sulfide) groups is 1. The Kier molecular flexibility index (Phi) is 9.36. The van der Waals surface area contributed by atoms with Gasteiger partial charge in [-0.3, -0.25) is 9.59 Å². The third-order valence-corrected chi connectivity index (χ3v) is 4.81. The van der Waals surface area contributed by atoms with E-state index in [2.05, 4.69) is 22.8 Å². The minimum Gasteiger partial charge on any atom is -0.355 e. The highest BCUT2D eigenvalue weighted by molar-refractivity contribution is 7.99. The van der Waals surface area contributed by atoms with Crippen LogP contribution in [-0.2, 0) is 15.3 Å². The Hall–Kier alpha value is -2.27. The van der Waals surface area contributed by atoms with Crippen LogP contribution in [0, 0.1) is 0 Å². The van der Waals surface area contributed by atoms with Gasteiger partial charge in [0.2, 0.25) is 11.8 Å². The average Bonchev–Trinajstić information content (AvgIpc) is 2.66. The highest BCUT2D eigenvalue weighted by Gasteiger charge is 2.03. The molecule has 0 fully saturated rings. The van der Waals surface area contributed by atoms with Gasteiger partial charge >= 0.3 is 0 Å². The maximum atomic E-state index is 11.8. The lowest BCUT2D eigenvalue weighted by molar-refractivity contribution is -0.118. The van der Waals surface area contributed by atoms with Gasteiger partial charge in [-0.1, -0.05) is 55.0 Å². The minimum absolute atomic E-state index is 0.0394. The van der Waals surface area contributed by atoms with Crippen molar-refractivity contribution in [3.8, 4) is 0 Å². The molecule has 0 bridgehead atoms. The first-order chi connectivity index (χ1) is 12.7. The average molecular weight is 371 g/mol. The van der Waals surface area contributed by atoms with Gasteiger partial charge in [-0.2, -0.15) is 0 Å². The standard InChI is InChI=1S/C21H26N2O2S/c24-20(23-19-12-6-2-7-13-19)14-8-3-9-15-22-21(25)17-26-16-18-10-4-1-5-11-18/h1-2,4-7,10-13H,3,8-9,14-17H2,(H,22,25)(H,23,24). The van der Waals surface area contributed by atoms with Crippen molar-refractivity contribution in [3.05, 3.63) is 66.2 Å². The second-order valence-electron chi connectivity index (χ2n) is 6.05. The largest absolute Gasteiger partial charge is 0.355 e. The molecule has 0 aliphatic rings. The van der Waals surface area contributed by atoms with Crippen molar-refractivity contribution < 1.29 is 9.59 Å². The number of unbranched alkanes of at least 4 members (excludes halogenated alkanes) is 2. The Morgan fingerprint density at radius 1 is 0.808 bits per heavy atom. The molecule has 4 nitrogen and oxygen atoms in total. The van der Waals surface area contributed by atoms with Crippen LogP contribution in [0.5, 0.6) is 0 Å². The van der Waals surface area contributed by atoms with E-state index in [1.165, 1.54) is 5.56 Å². The fraction of sp³-hybridized carbons (Fsp3) is 0.333. The molecular weight excluding hydrogens is 344 g/mol. The van der Waals surface area contributed by atoms with Gasteiger partial charge < -0.3 is 10.6 Å². The number of anilines is 1. The first kappa shape index (κ1) is 20.0. The van der Waals surface area contributed by atoms with Crippen molar-refractivity contribution in [2.75, 3.05) is 17.6 Å². The van der Waals surface area contributed by atoms with Gasteiger partial charge in [0.25, 0.3) is 0 Å². The van der Waals surface area contributed by atoms with Gasteiger partial charge in [0.15, 0.2) is 0 Å². The van der Waals surface area contributed by atoms with Crippen LogP contribution in [-0.4, -0.2) is 24.1 Å². The number of hydrogen-bond donors (Lipinski definition) is 2. The van der Waals surface area contributed by atoms with Gasteiger partial charge in [-0.15, -0.1) is 11.8 Å². The predicted molar refractivity (Wildman–Crippen MR) is 109 cm³/mol. The first-order valence-electron chi connectivity index (χ1n) is 8.97. The summed E-state index contributed by atoms with van der Waals surface area (Å²) in [5, 5.41) is 5.81. The van der Waals surface area contributed by atoms with E-state index in [1.54, 1.807) is 11.8 Å².